The van der Waals surface area contributed by atoms with E-state index < -0.39 is 0 Å². The highest BCUT2D eigenvalue weighted by Gasteiger charge is 2.43. The maximum Gasteiger partial charge on any atom is 0.226 e. The molecule has 122 valence electrons. The molecule has 0 heterocycles. The van der Waals surface area contributed by atoms with Crippen molar-refractivity contribution in [3.63, 3.8) is 0 Å². The Kier molecular flexibility index (Phi) is 7.06. The highest BCUT2D eigenvalue weighted by Crippen LogP contribution is 2.45. The van der Waals surface area contributed by atoms with Crippen molar-refractivity contribution in [3.05, 3.63) is 0 Å². The van der Waals surface area contributed by atoms with Crippen LogP contribution in [-0.4, -0.2) is 11.9 Å². The van der Waals surface area contributed by atoms with Gasteiger partial charge in [-0.15, -0.1) is 0 Å². The molecule has 0 atom stereocenters. The molecule has 2 aliphatic carbocycles. The van der Waals surface area contributed by atoms with E-state index in [4.69, 9.17) is 0 Å². The van der Waals surface area contributed by atoms with E-state index in [-0.39, 0.29) is 5.41 Å². The first kappa shape index (κ1) is 16.8. The lowest BCUT2D eigenvalue weighted by atomic mass is 9.65. The van der Waals surface area contributed by atoms with Gasteiger partial charge in [0.15, 0.2) is 0 Å². The molecule has 21 heavy (non-hydrogen) atoms. The molecule has 0 unspecified atom stereocenters. The molecule has 0 radical (unpaired) electrons. The monoisotopic (exact) mass is 293 g/mol. The summed E-state index contributed by atoms with van der Waals surface area (Å²) >= 11 is 0. The van der Waals surface area contributed by atoms with Crippen molar-refractivity contribution in [3.8, 4) is 0 Å². The van der Waals surface area contributed by atoms with Crippen molar-refractivity contribution in [2.75, 3.05) is 0 Å². The average Bonchev–Trinajstić information content (AvgIpc) is 2.46. The molecule has 2 fully saturated rings. The number of amides is 1. The van der Waals surface area contributed by atoms with E-state index in [9.17, 15) is 4.79 Å². The summed E-state index contributed by atoms with van der Waals surface area (Å²) in [5.41, 5.74) is 0.0300. The lowest BCUT2D eigenvalue weighted by Gasteiger charge is -2.42. The second kappa shape index (κ2) is 8.80. The summed E-state index contributed by atoms with van der Waals surface area (Å²) in [6.45, 7) is 2.26. The number of carbonyl (C=O) groups excluding carboxylic acids is 1. The number of unbranched alkanes of at least 4 members (excludes halogenated alkanes) is 5. The quantitative estimate of drug-likeness (QED) is 0.570. The highest BCUT2D eigenvalue weighted by atomic mass is 16.2. The number of rotatable bonds is 9. The van der Waals surface area contributed by atoms with Crippen molar-refractivity contribution in [1.29, 1.82) is 0 Å². The molecule has 2 saturated carbocycles. The lowest BCUT2D eigenvalue weighted by Crippen LogP contribution is -2.49. The SMILES string of the molecule is CCCCCCCCC1(C(=O)NC2CCCCC2)CCC1. The van der Waals surface area contributed by atoms with Crippen LogP contribution in [0.4, 0.5) is 0 Å². The zero-order chi connectivity index (χ0) is 15.0. The summed E-state index contributed by atoms with van der Waals surface area (Å²) in [6.07, 6.45) is 19.0. The van der Waals surface area contributed by atoms with Crippen LogP contribution in [0.5, 0.6) is 0 Å². The molecule has 0 saturated heterocycles. The van der Waals surface area contributed by atoms with Crippen LogP contribution < -0.4 is 5.32 Å². The summed E-state index contributed by atoms with van der Waals surface area (Å²) in [5.74, 6) is 0.397. The minimum absolute atomic E-state index is 0.0300. The summed E-state index contributed by atoms with van der Waals surface area (Å²) in [7, 11) is 0. The van der Waals surface area contributed by atoms with Gasteiger partial charge >= 0.3 is 0 Å². The molecular formula is C19H35NO. The maximum atomic E-state index is 12.7. The molecular weight excluding hydrogens is 258 g/mol. The average molecular weight is 293 g/mol. The van der Waals surface area contributed by atoms with Gasteiger partial charge in [0.2, 0.25) is 5.91 Å². The first-order valence-corrected chi connectivity index (χ1v) is 9.58. The first-order chi connectivity index (χ1) is 10.3. The van der Waals surface area contributed by atoms with Gasteiger partial charge in [-0.25, -0.2) is 0 Å². The van der Waals surface area contributed by atoms with Gasteiger partial charge < -0.3 is 5.32 Å². The van der Waals surface area contributed by atoms with Crippen molar-refractivity contribution in [2.45, 2.75) is 109 Å². The molecule has 0 aromatic rings. The fourth-order valence-corrected chi connectivity index (χ4v) is 4.02. The zero-order valence-electron chi connectivity index (χ0n) is 14.1. The van der Waals surface area contributed by atoms with Gasteiger partial charge in [0.1, 0.15) is 0 Å². The van der Waals surface area contributed by atoms with E-state index in [1.807, 2.05) is 0 Å². The Bertz CT molecular complexity index is 303. The molecule has 0 bridgehead atoms. The van der Waals surface area contributed by atoms with E-state index in [0.717, 1.165) is 19.3 Å². The molecule has 1 amide bonds. The standard InChI is InChI=1S/C19H35NO/c1-2-3-4-5-6-10-14-19(15-11-16-19)18(21)20-17-12-8-7-9-13-17/h17H,2-16H2,1H3,(H,20,21). The molecule has 2 aliphatic rings. The molecule has 0 aromatic heterocycles. The van der Waals surface area contributed by atoms with Gasteiger partial charge in [0.25, 0.3) is 0 Å². The summed E-state index contributed by atoms with van der Waals surface area (Å²) in [4.78, 5) is 12.7. The zero-order valence-corrected chi connectivity index (χ0v) is 14.1. The second-order valence-electron chi connectivity index (χ2n) is 7.46. The summed E-state index contributed by atoms with van der Waals surface area (Å²) in [6, 6.07) is 0.480. The normalized spacial score (nSPS) is 21.8. The minimum atomic E-state index is 0.0300. The Morgan fingerprint density at radius 3 is 2.24 bits per heavy atom. The maximum absolute atomic E-state index is 12.7. The third-order valence-corrected chi connectivity index (χ3v) is 5.74. The Labute approximate surface area is 131 Å². The van der Waals surface area contributed by atoms with Crippen molar-refractivity contribution >= 4 is 5.91 Å². The van der Waals surface area contributed by atoms with Crippen LogP contribution in [0.25, 0.3) is 0 Å². The topological polar surface area (TPSA) is 29.1 Å². The second-order valence-corrected chi connectivity index (χ2v) is 7.46. The van der Waals surface area contributed by atoms with E-state index in [1.54, 1.807) is 0 Å². The Hall–Kier alpha value is -0.530. The van der Waals surface area contributed by atoms with Crippen molar-refractivity contribution in [1.82, 2.24) is 5.32 Å². The summed E-state index contributed by atoms with van der Waals surface area (Å²) in [5, 5.41) is 3.38. The van der Waals surface area contributed by atoms with Crippen LogP contribution in [0.2, 0.25) is 0 Å². The molecule has 0 aliphatic heterocycles. The van der Waals surface area contributed by atoms with Gasteiger partial charge in [-0.2, -0.15) is 0 Å². The number of carbonyl (C=O) groups is 1. The van der Waals surface area contributed by atoms with Crippen molar-refractivity contribution < 1.29 is 4.79 Å². The van der Waals surface area contributed by atoms with Gasteiger partial charge in [0, 0.05) is 11.5 Å². The van der Waals surface area contributed by atoms with Gasteiger partial charge in [-0.3, -0.25) is 4.79 Å². The lowest BCUT2D eigenvalue weighted by molar-refractivity contribution is -0.137. The van der Waals surface area contributed by atoms with Crippen LogP contribution in [0.15, 0.2) is 0 Å². The van der Waals surface area contributed by atoms with Crippen LogP contribution in [0, 0.1) is 5.41 Å². The number of hydrogen-bond donors (Lipinski definition) is 1. The molecule has 1 N–H and O–H groups in total. The molecule has 2 nitrogen and oxygen atoms in total. The van der Waals surface area contributed by atoms with E-state index in [2.05, 4.69) is 12.2 Å². The molecule has 0 aromatic carbocycles. The Morgan fingerprint density at radius 1 is 0.952 bits per heavy atom. The molecule has 2 heteroatoms. The van der Waals surface area contributed by atoms with Crippen LogP contribution in [0.1, 0.15) is 103 Å². The molecule has 2 rings (SSSR count). The van der Waals surface area contributed by atoms with Crippen LogP contribution in [-0.2, 0) is 4.79 Å². The van der Waals surface area contributed by atoms with Crippen LogP contribution in [0.3, 0.4) is 0 Å². The van der Waals surface area contributed by atoms with Gasteiger partial charge in [-0.05, 0) is 32.1 Å². The highest BCUT2D eigenvalue weighted by molar-refractivity contribution is 5.83. The third-order valence-electron chi connectivity index (χ3n) is 5.74. The fraction of sp³-hybridized carbons (Fsp3) is 0.947. The third kappa shape index (κ3) is 5.00. The fourth-order valence-electron chi connectivity index (χ4n) is 4.02. The van der Waals surface area contributed by atoms with E-state index >= 15 is 0 Å². The minimum Gasteiger partial charge on any atom is -0.353 e. The predicted octanol–water partition coefficient (Wildman–Crippen LogP) is 5.36. The Balaban J connectivity index is 1.68. The first-order valence-electron chi connectivity index (χ1n) is 9.58. The summed E-state index contributed by atoms with van der Waals surface area (Å²) < 4.78 is 0. The Morgan fingerprint density at radius 2 is 1.62 bits per heavy atom. The van der Waals surface area contributed by atoms with Crippen LogP contribution >= 0.6 is 0 Å². The van der Waals surface area contributed by atoms with E-state index in [1.165, 1.54) is 77.0 Å². The van der Waals surface area contributed by atoms with Gasteiger partial charge in [-0.1, -0.05) is 71.1 Å². The van der Waals surface area contributed by atoms with Crippen molar-refractivity contribution in [2.24, 2.45) is 5.41 Å². The molecule has 0 spiro atoms. The number of hydrogen-bond acceptors (Lipinski definition) is 1. The largest absolute Gasteiger partial charge is 0.353 e. The smallest absolute Gasteiger partial charge is 0.226 e. The van der Waals surface area contributed by atoms with E-state index in [0.29, 0.717) is 11.9 Å². The van der Waals surface area contributed by atoms with Gasteiger partial charge in [0.05, 0.1) is 0 Å². The number of nitrogens with one attached hydrogen (secondary N) is 1. The predicted molar refractivity (Wildman–Crippen MR) is 89.3 cm³/mol.